The van der Waals surface area contributed by atoms with Crippen molar-refractivity contribution in [2.24, 2.45) is 12.5 Å². The molecule has 0 bridgehead atoms. The van der Waals surface area contributed by atoms with Crippen molar-refractivity contribution in [2.45, 2.75) is 40.3 Å². The minimum absolute atomic E-state index is 0.140. The summed E-state index contributed by atoms with van der Waals surface area (Å²) < 4.78 is 3.37. The number of benzene rings is 2. The van der Waals surface area contributed by atoms with Crippen LogP contribution in [0.3, 0.4) is 0 Å². The number of imidazole rings is 1. The van der Waals surface area contributed by atoms with E-state index < -0.39 is 0 Å². The quantitative estimate of drug-likeness (QED) is 0.306. The van der Waals surface area contributed by atoms with E-state index in [1.807, 2.05) is 34.9 Å². The maximum atomic E-state index is 13.0. The first-order chi connectivity index (χ1) is 17.6. The third-order valence-electron chi connectivity index (χ3n) is 6.47. The van der Waals surface area contributed by atoms with Gasteiger partial charge in [0.25, 0.3) is 5.91 Å². The summed E-state index contributed by atoms with van der Waals surface area (Å²) in [7, 11) is 1.71. The van der Waals surface area contributed by atoms with Crippen molar-refractivity contribution < 1.29 is 9.59 Å². The fraction of sp³-hybridized carbons (Fsp3) is 0.286. The van der Waals surface area contributed by atoms with Crippen molar-refractivity contribution in [1.82, 2.24) is 24.6 Å². The van der Waals surface area contributed by atoms with Crippen LogP contribution < -0.4 is 16.0 Å². The Balaban J connectivity index is 1.74. The first kappa shape index (κ1) is 25.8. The zero-order valence-electron chi connectivity index (χ0n) is 21.9. The maximum Gasteiger partial charge on any atom is 0.276 e. The van der Waals surface area contributed by atoms with Gasteiger partial charge in [-0.2, -0.15) is 5.10 Å². The van der Waals surface area contributed by atoms with Crippen LogP contribution >= 0.6 is 0 Å². The number of hydrogen-bond acceptors (Lipinski definition) is 5. The van der Waals surface area contributed by atoms with Gasteiger partial charge in [-0.3, -0.25) is 24.2 Å². The molecule has 9 heteroatoms. The molecule has 0 saturated heterocycles. The minimum atomic E-state index is -0.325. The Bertz CT molecular complexity index is 1460. The molecule has 9 nitrogen and oxygen atoms in total. The molecule has 0 saturated carbocycles. The van der Waals surface area contributed by atoms with Crippen LogP contribution in [0, 0.1) is 5.41 Å². The van der Waals surface area contributed by atoms with Crippen molar-refractivity contribution >= 4 is 34.5 Å². The van der Waals surface area contributed by atoms with E-state index >= 15 is 0 Å². The zero-order chi connectivity index (χ0) is 26.7. The molecule has 0 radical (unpaired) electrons. The lowest BCUT2D eigenvalue weighted by atomic mass is 9.88. The van der Waals surface area contributed by atoms with Gasteiger partial charge in [-0.15, -0.1) is 0 Å². The van der Waals surface area contributed by atoms with E-state index in [4.69, 9.17) is 4.98 Å². The summed E-state index contributed by atoms with van der Waals surface area (Å²) in [6.45, 7) is 13.0. The summed E-state index contributed by atoms with van der Waals surface area (Å²) in [6.07, 6.45) is 2.79. The molecule has 0 aliphatic carbocycles. The molecular formula is C28H33N7O2. The number of nitrogens with zero attached hydrogens (tertiary/aromatic N) is 4. The Kier molecular flexibility index (Phi) is 7.26. The van der Waals surface area contributed by atoms with Crippen molar-refractivity contribution in [1.29, 1.82) is 0 Å². The van der Waals surface area contributed by atoms with Crippen molar-refractivity contribution in [3.63, 3.8) is 0 Å². The molecule has 0 fully saturated rings. The number of anilines is 2. The number of aromatic nitrogens is 4. The summed E-state index contributed by atoms with van der Waals surface area (Å²) in [4.78, 5) is 29.7. The molecule has 2 amide bonds. The lowest BCUT2D eigenvalue weighted by Gasteiger charge is -2.28. The normalized spacial score (nSPS) is 12.4. The van der Waals surface area contributed by atoms with E-state index in [1.54, 1.807) is 25.4 Å². The molecule has 4 rings (SSSR count). The van der Waals surface area contributed by atoms with Crippen molar-refractivity contribution in [3.8, 4) is 5.69 Å². The lowest BCUT2D eigenvalue weighted by molar-refractivity contribution is -0.111. The van der Waals surface area contributed by atoms with Crippen molar-refractivity contribution in [3.05, 3.63) is 78.6 Å². The Morgan fingerprint density at radius 1 is 1.11 bits per heavy atom. The fourth-order valence-corrected chi connectivity index (χ4v) is 3.84. The highest BCUT2D eigenvalue weighted by molar-refractivity contribution is 6.03. The van der Waals surface area contributed by atoms with E-state index in [0.717, 1.165) is 22.3 Å². The maximum absolute atomic E-state index is 13.0. The van der Waals surface area contributed by atoms with Crippen LogP contribution in [0.15, 0.2) is 67.4 Å². The highest BCUT2D eigenvalue weighted by Gasteiger charge is 2.20. The van der Waals surface area contributed by atoms with Gasteiger partial charge < -0.3 is 10.6 Å². The molecule has 0 aliphatic rings. The molecular weight excluding hydrogens is 466 g/mol. The van der Waals surface area contributed by atoms with Crippen LogP contribution in [0.1, 0.15) is 43.7 Å². The van der Waals surface area contributed by atoms with E-state index in [-0.39, 0.29) is 17.2 Å². The van der Waals surface area contributed by atoms with Crippen molar-refractivity contribution in [2.75, 3.05) is 10.6 Å². The van der Waals surface area contributed by atoms with Gasteiger partial charge in [0.2, 0.25) is 11.9 Å². The number of fused-ring (bicyclic) bond motifs is 1. The number of aryl methyl sites for hydroxylation is 1. The molecule has 2 heterocycles. The van der Waals surface area contributed by atoms with Crippen LogP contribution in [-0.4, -0.2) is 37.2 Å². The standard InChI is InChI=1S/C28H33N7O2/c1-7-25(36)31-20-9-8-10-21(16-20)35-23-12-11-19(17-29-18(2)28(3,4)5)15-22(23)32-27(35)33-26(37)24-13-14-30-34(24)6/h7-16,18,29H,1,17H2,2-6H3,(H,31,36)(H,32,33,37)/t18-/m0/s1. The highest BCUT2D eigenvalue weighted by atomic mass is 16.2. The van der Waals surface area contributed by atoms with Gasteiger partial charge in [0.15, 0.2) is 0 Å². The fourth-order valence-electron chi connectivity index (χ4n) is 3.84. The van der Waals surface area contributed by atoms with Gasteiger partial charge in [0.05, 0.1) is 16.7 Å². The Labute approximate surface area is 216 Å². The number of carbonyl (C=O) groups excluding carboxylic acids is 2. The van der Waals surface area contributed by atoms with Gasteiger partial charge in [-0.05, 0) is 60.4 Å². The number of rotatable bonds is 8. The van der Waals surface area contributed by atoms with Crippen LogP contribution in [0.2, 0.25) is 0 Å². The summed E-state index contributed by atoms with van der Waals surface area (Å²) >= 11 is 0. The molecule has 37 heavy (non-hydrogen) atoms. The Morgan fingerprint density at radius 3 is 2.57 bits per heavy atom. The summed E-state index contributed by atoms with van der Waals surface area (Å²) in [5.74, 6) is -0.269. The number of amides is 2. The largest absolute Gasteiger partial charge is 0.322 e. The minimum Gasteiger partial charge on any atom is -0.322 e. The van der Waals surface area contributed by atoms with Gasteiger partial charge in [-0.1, -0.05) is 39.5 Å². The van der Waals surface area contributed by atoms with Crippen LogP contribution in [-0.2, 0) is 18.4 Å². The third kappa shape index (κ3) is 5.78. The predicted octanol–water partition coefficient (Wildman–Crippen LogP) is 4.66. The summed E-state index contributed by atoms with van der Waals surface area (Å²) in [6, 6.07) is 15.4. The molecule has 2 aromatic heterocycles. The van der Waals surface area contributed by atoms with E-state index in [9.17, 15) is 9.59 Å². The third-order valence-corrected chi connectivity index (χ3v) is 6.47. The van der Waals surface area contributed by atoms with E-state index in [1.165, 1.54) is 10.8 Å². The number of nitrogens with one attached hydrogen (secondary N) is 3. The van der Waals surface area contributed by atoms with Gasteiger partial charge >= 0.3 is 0 Å². The second kappa shape index (κ2) is 10.4. The molecule has 0 aliphatic heterocycles. The molecule has 2 aromatic carbocycles. The molecule has 0 unspecified atom stereocenters. The Morgan fingerprint density at radius 2 is 1.89 bits per heavy atom. The van der Waals surface area contributed by atoms with Crippen LogP contribution in [0.5, 0.6) is 0 Å². The monoisotopic (exact) mass is 499 g/mol. The van der Waals surface area contributed by atoms with Gasteiger partial charge in [0, 0.05) is 31.5 Å². The highest BCUT2D eigenvalue weighted by Crippen LogP contribution is 2.28. The molecule has 1 atom stereocenters. The zero-order valence-corrected chi connectivity index (χ0v) is 21.9. The van der Waals surface area contributed by atoms with Gasteiger partial charge in [0.1, 0.15) is 5.69 Å². The van der Waals surface area contributed by atoms with Gasteiger partial charge in [-0.25, -0.2) is 4.98 Å². The molecule has 4 aromatic rings. The number of carbonyl (C=O) groups is 2. The SMILES string of the molecule is C=CC(=O)Nc1cccc(-n2c(NC(=O)c3ccnn3C)nc3cc(CN[C@@H](C)C(C)(C)C)ccc32)c1. The first-order valence-corrected chi connectivity index (χ1v) is 12.1. The topological polar surface area (TPSA) is 106 Å². The predicted molar refractivity (Wildman–Crippen MR) is 147 cm³/mol. The van der Waals surface area contributed by atoms with Crippen LogP contribution in [0.4, 0.5) is 11.6 Å². The van der Waals surface area contributed by atoms with E-state index in [0.29, 0.717) is 29.9 Å². The number of hydrogen-bond donors (Lipinski definition) is 3. The molecule has 0 spiro atoms. The summed E-state index contributed by atoms with van der Waals surface area (Å²) in [5.41, 5.74) is 4.53. The average molecular weight is 500 g/mol. The lowest BCUT2D eigenvalue weighted by Crippen LogP contribution is -2.37. The molecule has 3 N–H and O–H groups in total. The van der Waals surface area contributed by atoms with Crippen LogP contribution in [0.25, 0.3) is 16.7 Å². The second-order valence-electron chi connectivity index (χ2n) is 10.1. The smallest absolute Gasteiger partial charge is 0.276 e. The van der Waals surface area contributed by atoms with E-state index in [2.05, 4.69) is 61.4 Å². The molecule has 192 valence electrons. The first-order valence-electron chi connectivity index (χ1n) is 12.1. The second-order valence-corrected chi connectivity index (χ2v) is 10.1. The Hall–Kier alpha value is -4.24. The average Bonchev–Trinajstić information content (AvgIpc) is 3.44. The summed E-state index contributed by atoms with van der Waals surface area (Å²) in [5, 5.41) is 13.4.